The summed E-state index contributed by atoms with van der Waals surface area (Å²) in [6, 6.07) is 0. The lowest BCUT2D eigenvalue weighted by molar-refractivity contribution is -0.137. The molecule has 2 amide bonds. The van der Waals surface area contributed by atoms with E-state index in [0.717, 1.165) is 19.5 Å². The SMILES string of the molecule is CC.CC1CCCN(C(=O)C2CC(=O)N(C)C2)C1.F. The largest absolute Gasteiger partial charge is 0.345 e. The van der Waals surface area contributed by atoms with Crippen LogP contribution in [0.25, 0.3) is 0 Å². The Morgan fingerprint density at radius 1 is 1.26 bits per heavy atom. The second kappa shape index (κ2) is 8.12. The van der Waals surface area contributed by atoms with E-state index in [1.165, 1.54) is 6.42 Å². The Hall–Kier alpha value is -1.13. The molecule has 2 unspecified atom stereocenters. The van der Waals surface area contributed by atoms with Gasteiger partial charge < -0.3 is 9.80 Å². The second-order valence-electron chi connectivity index (χ2n) is 5.21. The summed E-state index contributed by atoms with van der Waals surface area (Å²) in [5.41, 5.74) is 0. The van der Waals surface area contributed by atoms with E-state index in [1.807, 2.05) is 18.7 Å². The van der Waals surface area contributed by atoms with Crippen molar-refractivity contribution in [2.75, 3.05) is 26.7 Å². The zero-order valence-corrected chi connectivity index (χ0v) is 12.5. The minimum atomic E-state index is -0.0946. The number of nitrogens with zero attached hydrogens (tertiary/aromatic N) is 2. The van der Waals surface area contributed by atoms with Crippen molar-refractivity contribution in [3.63, 3.8) is 0 Å². The standard InChI is InChI=1S/C12H20N2O2.C2H6.FH/c1-9-4-3-5-14(7-9)12(16)10-6-11(15)13(2)8-10;1-2;/h9-10H,3-8H2,1-2H3;1-2H3;1H. The zero-order valence-electron chi connectivity index (χ0n) is 12.5. The number of hydrogen-bond donors (Lipinski definition) is 0. The van der Waals surface area contributed by atoms with E-state index in [0.29, 0.717) is 18.9 Å². The maximum atomic E-state index is 12.2. The molecule has 0 aromatic heterocycles. The summed E-state index contributed by atoms with van der Waals surface area (Å²) in [5, 5.41) is 0. The first kappa shape index (κ1) is 17.9. The second-order valence-corrected chi connectivity index (χ2v) is 5.21. The summed E-state index contributed by atoms with van der Waals surface area (Å²) in [4.78, 5) is 27.2. The van der Waals surface area contributed by atoms with Crippen LogP contribution in [0, 0.1) is 11.8 Å². The maximum absolute atomic E-state index is 12.2. The maximum Gasteiger partial charge on any atom is 0.228 e. The summed E-state index contributed by atoms with van der Waals surface area (Å²) >= 11 is 0. The van der Waals surface area contributed by atoms with Crippen molar-refractivity contribution in [3.8, 4) is 0 Å². The molecule has 112 valence electrons. The molecular formula is C14H27FN2O2. The van der Waals surface area contributed by atoms with E-state index in [-0.39, 0.29) is 22.4 Å². The van der Waals surface area contributed by atoms with Crippen LogP contribution in [0.4, 0.5) is 4.70 Å². The van der Waals surface area contributed by atoms with Crippen molar-refractivity contribution in [3.05, 3.63) is 0 Å². The first-order valence-electron chi connectivity index (χ1n) is 7.10. The normalized spacial score (nSPS) is 26.4. The van der Waals surface area contributed by atoms with Crippen LogP contribution in [0.5, 0.6) is 0 Å². The van der Waals surface area contributed by atoms with Crippen LogP contribution in [0.1, 0.15) is 40.0 Å². The Bertz CT molecular complexity index is 310. The third-order valence-electron chi connectivity index (χ3n) is 3.66. The molecule has 2 heterocycles. The van der Waals surface area contributed by atoms with Crippen molar-refractivity contribution < 1.29 is 14.3 Å². The molecule has 4 nitrogen and oxygen atoms in total. The predicted octanol–water partition coefficient (Wildman–Crippen LogP) is 1.90. The van der Waals surface area contributed by atoms with Crippen LogP contribution >= 0.6 is 0 Å². The fourth-order valence-electron chi connectivity index (χ4n) is 2.68. The molecule has 0 aromatic carbocycles. The van der Waals surface area contributed by atoms with Gasteiger partial charge in [0.15, 0.2) is 0 Å². The zero-order chi connectivity index (χ0) is 13.7. The highest BCUT2D eigenvalue weighted by atomic mass is 19.0. The van der Waals surface area contributed by atoms with E-state index < -0.39 is 0 Å². The van der Waals surface area contributed by atoms with E-state index in [4.69, 9.17) is 0 Å². The van der Waals surface area contributed by atoms with Gasteiger partial charge in [0.2, 0.25) is 11.8 Å². The summed E-state index contributed by atoms with van der Waals surface area (Å²) in [6.07, 6.45) is 2.72. The van der Waals surface area contributed by atoms with E-state index in [2.05, 4.69) is 6.92 Å². The molecule has 19 heavy (non-hydrogen) atoms. The molecule has 0 aromatic rings. The highest BCUT2D eigenvalue weighted by Crippen LogP contribution is 2.22. The van der Waals surface area contributed by atoms with E-state index >= 15 is 0 Å². The van der Waals surface area contributed by atoms with Crippen molar-refractivity contribution >= 4 is 11.8 Å². The number of rotatable bonds is 1. The molecule has 0 bridgehead atoms. The molecule has 0 N–H and O–H groups in total. The van der Waals surface area contributed by atoms with Crippen LogP contribution in [0.3, 0.4) is 0 Å². The Kier molecular flexibility index (Phi) is 7.64. The van der Waals surface area contributed by atoms with Crippen molar-refractivity contribution in [1.29, 1.82) is 0 Å². The summed E-state index contributed by atoms with van der Waals surface area (Å²) in [7, 11) is 1.77. The highest BCUT2D eigenvalue weighted by molar-refractivity contribution is 5.89. The summed E-state index contributed by atoms with van der Waals surface area (Å²) in [5.74, 6) is 0.794. The van der Waals surface area contributed by atoms with Gasteiger partial charge in [0.1, 0.15) is 0 Å². The molecule has 2 fully saturated rings. The van der Waals surface area contributed by atoms with Crippen LogP contribution < -0.4 is 0 Å². The predicted molar refractivity (Wildman–Crippen MR) is 74.6 cm³/mol. The molecule has 0 spiro atoms. The van der Waals surface area contributed by atoms with Crippen LogP contribution in [-0.2, 0) is 9.59 Å². The van der Waals surface area contributed by atoms with Gasteiger partial charge in [-0.3, -0.25) is 14.3 Å². The minimum absolute atomic E-state index is 0. The molecule has 2 aliphatic rings. The first-order valence-corrected chi connectivity index (χ1v) is 7.10. The molecule has 2 rings (SSSR count). The van der Waals surface area contributed by atoms with Gasteiger partial charge in [0.05, 0.1) is 5.92 Å². The fraction of sp³-hybridized carbons (Fsp3) is 0.857. The number of hydrogen-bond acceptors (Lipinski definition) is 2. The Balaban J connectivity index is 0.00000103. The Morgan fingerprint density at radius 3 is 2.37 bits per heavy atom. The molecule has 0 radical (unpaired) electrons. The lowest BCUT2D eigenvalue weighted by Gasteiger charge is -2.32. The van der Waals surface area contributed by atoms with Gasteiger partial charge in [0, 0.05) is 33.1 Å². The highest BCUT2D eigenvalue weighted by Gasteiger charge is 2.35. The van der Waals surface area contributed by atoms with E-state index in [9.17, 15) is 9.59 Å². The van der Waals surface area contributed by atoms with E-state index in [1.54, 1.807) is 11.9 Å². The van der Waals surface area contributed by atoms with Crippen molar-refractivity contribution in [2.24, 2.45) is 11.8 Å². The van der Waals surface area contributed by atoms with Gasteiger partial charge in [-0.15, -0.1) is 0 Å². The first-order chi connectivity index (χ1) is 8.58. The average molecular weight is 274 g/mol. The summed E-state index contributed by atoms with van der Waals surface area (Å²) < 4.78 is 0. The molecule has 2 atom stereocenters. The molecule has 2 saturated heterocycles. The minimum Gasteiger partial charge on any atom is -0.345 e. The Labute approximate surface area is 115 Å². The number of amides is 2. The molecular weight excluding hydrogens is 247 g/mol. The fourth-order valence-corrected chi connectivity index (χ4v) is 2.68. The van der Waals surface area contributed by atoms with Gasteiger partial charge in [-0.2, -0.15) is 0 Å². The van der Waals surface area contributed by atoms with Gasteiger partial charge in [-0.05, 0) is 18.8 Å². The lowest BCUT2D eigenvalue weighted by Crippen LogP contribution is -2.42. The number of piperidine rings is 1. The van der Waals surface area contributed by atoms with Crippen molar-refractivity contribution in [1.82, 2.24) is 9.80 Å². The van der Waals surface area contributed by atoms with Crippen LogP contribution in [0.15, 0.2) is 0 Å². The molecule has 2 aliphatic heterocycles. The quantitative estimate of drug-likeness (QED) is 0.733. The van der Waals surface area contributed by atoms with Gasteiger partial charge in [-0.1, -0.05) is 20.8 Å². The number of carbonyl (C=O) groups excluding carboxylic acids is 2. The third-order valence-corrected chi connectivity index (χ3v) is 3.66. The molecule has 0 aliphatic carbocycles. The van der Waals surface area contributed by atoms with Gasteiger partial charge >= 0.3 is 0 Å². The number of halogens is 1. The van der Waals surface area contributed by atoms with Crippen LogP contribution in [-0.4, -0.2) is 48.3 Å². The lowest BCUT2D eigenvalue weighted by atomic mass is 9.98. The molecule has 0 saturated carbocycles. The summed E-state index contributed by atoms with van der Waals surface area (Å²) in [6.45, 7) is 8.53. The topological polar surface area (TPSA) is 40.6 Å². The van der Waals surface area contributed by atoms with Gasteiger partial charge in [-0.25, -0.2) is 0 Å². The van der Waals surface area contributed by atoms with Crippen molar-refractivity contribution in [2.45, 2.75) is 40.0 Å². The Morgan fingerprint density at radius 2 is 1.89 bits per heavy atom. The van der Waals surface area contributed by atoms with Gasteiger partial charge in [0.25, 0.3) is 0 Å². The van der Waals surface area contributed by atoms with Crippen LogP contribution in [0.2, 0.25) is 0 Å². The number of carbonyl (C=O) groups is 2. The number of likely N-dealkylation sites (tertiary alicyclic amines) is 2. The molecule has 5 heteroatoms. The smallest absolute Gasteiger partial charge is 0.228 e. The average Bonchev–Trinajstić information content (AvgIpc) is 2.71. The third kappa shape index (κ3) is 4.48. The monoisotopic (exact) mass is 274 g/mol.